The van der Waals surface area contributed by atoms with Gasteiger partial charge in [0.15, 0.2) is 11.5 Å². The van der Waals surface area contributed by atoms with Gasteiger partial charge in [-0.3, -0.25) is 9.58 Å². The molecular formula is C13H17N7S. The largest absolute Gasteiger partial charge is 0.308 e. The van der Waals surface area contributed by atoms with Gasteiger partial charge in [-0.1, -0.05) is 0 Å². The predicted octanol–water partition coefficient (Wildman–Crippen LogP) is 1.34. The van der Waals surface area contributed by atoms with Crippen LogP contribution in [0.2, 0.25) is 0 Å². The summed E-state index contributed by atoms with van der Waals surface area (Å²) in [7, 11) is 3.90. The average molecular weight is 303 g/mol. The van der Waals surface area contributed by atoms with E-state index in [9.17, 15) is 0 Å². The summed E-state index contributed by atoms with van der Waals surface area (Å²) in [6.45, 7) is 1.51. The van der Waals surface area contributed by atoms with Crippen molar-refractivity contribution in [2.45, 2.75) is 13.1 Å². The van der Waals surface area contributed by atoms with Crippen LogP contribution < -0.4 is 11.3 Å². The fraction of sp³-hybridized carbons (Fsp3) is 0.308. The molecule has 0 bridgehead atoms. The van der Waals surface area contributed by atoms with Crippen LogP contribution in [0.25, 0.3) is 11.0 Å². The molecule has 0 amide bonds. The Kier molecular flexibility index (Phi) is 3.82. The number of aryl methyl sites for hydroxylation is 1. The normalized spacial score (nSPS) is 11.4. The summed E-state index contributed by atoms with van der Waals surface area (Å²) >= 11 is 1.70. The smallest absolute Gasteiger partial charge is 0.163 e. The van der Waals surface area contributed by atoms with E-state index >= 15 is 0 Å². The van der Waals surface area contributed by atoms with Gasteiger partial charge in [0.25, 0.3) is 0 Å². The van der Waals surface area contributed by atoms with Gasteiger partial charge in [-0.15, -0.1) is 0 Å². The highest BCUT2D eigenvalue weighted by atomic mass is 32.1. The Morgan fingerprint density at radius 2 is 2.24 bits per heavy atom. The molecule has 0 unspecified atom stereocenters. The number of thiophene rings is 1. The van der Waals surface area contributed by atoms with E-state index in [-0.39, 0.29) is 0 Å². The number of nitrogen functional groups attached to an aromatic ring is 1. The molecule has 0 saturated heterocycles. The minimum Gasteiger partial charge on any atom is -0.308 e. The second kappa shape index (κ2) is 5.76. The number of hydrogen-bond donors (Lipinski definition) is 2. The maximum atomic E-state index is 5.55. The molecule has 110 valence electrons. The molecule has 3 N–H and O–H groups in total. The third-order valence-corrected chi connectivity index (χ3v) is 3.95. The molecule has 0 aliphatic rings. The summed E-state index contributed by atoms with van der Waals surface area (Å²) in [5, 5.41) is 9.24. The first-order chi connectivity index (χ1) is 10.2. The molecule has 21 heavy (non-hydrogen) atoms. The van der Waals surface area contributed by atoms with E-state index in [2.05, 4.69) is 42.2 Å². The molecule has 0 aromatic carbocycles. The molecule has 0 aliphatic carbocycles. The first-order valence-corrected chi connectivity index (χ1v) is 7.46. The fourth-order valence-corrected chi connectivity index (χ4v) is 2.90. The van der Waals surface area contributed by atoms with Gasteiger partial charge in [0.1, 0.15) is 5.82 Å². The molecule has 3 aromatic heterocycles. The summed E-state index contributed by atoms with van der Waals surface area (Å²) in [5.41, 5.74) is 4.69. The Labute approximate surface area is 126 Å². The van der Waals surface area contributed by atoms with Crippen LogP contribution in [0, 0.1) is 0 Å². The molecule has 0 atom stereocenters. The van der Waals surface area contributed by atoms with Crippen molar-refractivity contribution >= 4 is 28.2 Å². The Morgan fingerprint density at radius 1 is 1.38 bits per heavy atom. The van der Waals surface area contributed by atoms with E-state index in [1.807, 2.05) is 14.1 Å². The van der Waals surface area contributed by atoms with Crippen LogP contribution in [0.4, 0.5) is 5.82 Å². The number of nitrogens with one attached hydrogen (secondary N) is 1. The summed E-state index contributed by atoms with van der Waals surface area (Å²) in [6, 6.07) is 2.12. The monoisotopic (exact) mass is 303 g/mol. The average Bonchev–Trinajstić information content (AvgIpc) is 3.09. The van der Waals surface area contributed by atoms with Gasteiger partial charge in [0, 0.05) is 13.6 Å². The van der Waals surface area contributed by atoms with Crippen LogP contribution in [0.1, 0.15) is 11.4 Å². The van der Waals surface area contributed by atoms with E-state index in [1.54, 1.807) is 22.2 Å². The zero-order chi connectivity index (χ0) is 14.8. The SMILES string of the molecule is CN(Cc1ccsc1)Cc1nc(NN)c2cnn(C)c2n1. The third kappa shape index (κ3) is 2.87. The first-order valence-electron chi connectivity index (χ1n) is 6.52. The molecule has 7 nitrogen and oxygen atoms in total. The second-order valence-corrected chi connectivity index (χ2v) is 5.72. The van der Waals surface area contributed by atoms with Gasteiger partial charge in [-0.05, 0) is 29.4 Å². The van der Waals surface area contributed by atoms with Crippen molar-refractivity contribution < 1.29 is 0 Å². The number of hydrogen-bond acceptors (Lipinski definition) is 7. The van der Waals surface area contributed by atoms with E-state index in [0.29, 0.717) is 12.4 Å². The number of nitrogens with two attached hydrogens (primary N) is 1. The zero-order valence-corrected chi connectivity index (χ0v) is 12.8. The fourth-order valence-electron chi connectivity index (χ4n) is 2.24. The number of rotatable bonds is 5. The van der Waals surface area contributed by atoms with Gasteiger partial charge in [0.05, 0.1) is 18.1 Å². The van der Waals surface area contributed by atoms with E-state index in [1.165, 1.54) is 5.56 Å². The first kappa shape index (κ1) is 13.9. The molecule has 3 heterocycles. The summed E-state index contributed by atoms with van der Waals surface area (Å²) in [6.07, 6.45) is 1.71. The van der Waals surface area contributed by atoms with Crippen LogP contribution >= 0.6 is 11.3 Å². The van der Waals surface area contributed by atoms with Crippen LogP contribution in [-0.2, 0) is 20.1 Å². The maximum Gasteiger partial charge on any atom is 0.163 e. The van der Waals surface area contributed by atoms with Crippen molar-refractivity contribution in [2.75, 3.05) is 12.5 Å². The Morgan fingerprint density at radius 3 is 2.95 bits per heavy atom. The van der Waals surface area contributed by atoms with Crippen LogP contribution in [-0.4, -0.2) is 31.7 Å². The second-order valence-electron chi connectivity index (χ2n) is 4.94. The maximum absolute atomic E-state index is 5.55. The summed E-state index contributed by atoms with van der Waals surface area (Å²) in [4.78, 5) is 11.2. The van der Waals surface area contributed by atoms with Crippen molar-refractivity contribution in [1.29, 1.82) is 0 Å². The van der Waals surface area contributed by atoms with E-state index in [4.69, 9.17) is 5.84 Å². The Balaban J connectivity index is 1.84. The Bertz CT molecular complexity index is 734. The van der Waals surface area contributed by atoms with Gasteiger partial charge in [0.2, 0.25) is 0 Å². The van der Waals surface area contributed by atoms with Crippen LogP contribution in [0.15, 0.2) is 23.0 Å². The van der Waals surface area contributed by atoms with Crippen molar-refractivity contribution in [3.63, 3.8) is 0 Å². The van der Waals surface area contributed by atoms with Crippen molar-refractivity contribution in [3.8, 4) is 0 Å². The number of anilines is 1. The highest BCUT2D eigenvalue weighted by Gasteiger charge is 2.12. The highest BCUT2D eigenvalue weighted by molar-refractivity contribution is 7.07. The van der Waals surface area contributed by atoms with Crippen molar-refractivity contribution in [3.05, 3.63) is 34.4 Å². The molecule has 8 heteroatoms. The summed E-state index contributed by atoms with van der Waals surface area (Å²) in [5.74, 6) is 6.87. The molecule has 0 fully saturated rings. The minimum atomic E-state index is 0.604. The van der Waals surface area contributed by atoms with Crippen LogP contribution in [0.3, 0.4) is 0 Å². The molecule has 3 aromatic rings. The quantitative estimate of drug-likeness (QED) is 0.546. The van der Waals surface area contributed by atoms with Gasteiger partial charge < -0.3 is 5.43 Å². The lowest BCUT2D eigenvalue weighted by molar-refractivity contribution is 0.311. The number of nitrogens with zero attached hydrogens (tertiary/aromatic N) is 5. The lowest BCUT2D eigenvalue weighted by atomic mass is 10.3. The molecule has 0 spiro atoms. The molecule has 0 saturated carbocycles. The lowest BCUT2D eigenvalue weighted by Crippen LogP contribution is -2.20. The van der Waals surface area contributed by atoms with Gasteiger partial charge >= 0.3 is 0 Å². The minimum absolute atomic E-state index is 0.604. The van der Waals surface area contributed by atoms with Crippen molar-refractivity contribution in [1.82, 2.24) is 24.6 Å². The topological polar surface area (TPSA) is 84.9 Å². The molecule has 0 aliphatic heterocycles. The Hall–Kier alpha value is -2.03. The van der Waals surface area contributed by atoms with Crippen LogP contribution in [0.5, 0.6) is 0 Å². The molecule has 3 rings (SSSR count). The van der Waals surface area contributed by atoms with E-state index < -0.39 is 0 Å². The third-order valence-electron chi connectivity index (χ3n) is 3.22. The number of hydrazine groups is 1. The van der Waals surface area contributed by atoms with Gasteiger partial charge in [-0.2, -0.15) is 16.4 Å². The highest BCUT2D eigenvalue weighted by Crippen LogP contribution is 2.19. The predicted molar refractivity (Wildman–Crippen MR) is 83.6 cm³/mol. The van der Waals surface area contributed by atoms with Gasteiger partial charge in [-0.25, -0.2) is 15.8 Å². The summed E-state index contributed by atoms with van der Waals surface area (Å²) < 4.78 is 1.72. The van der Waals surface area contributed by atoms with Crippen molar-refractivity contribution in [2.24, 2.45) is 12.9 Å². The zero-order valence-electron chi connectivity index (χ0n) is 11.9. The van der Waals surface area contributed by atoms with E-state index in [0.717, 1.165) is 23.4 Å². The standard InChI is InChI=1S/C13H17N7S/c1-19(6-9-3-4-21-8-9)7-11-16-12(18-14)10-5-15-20(2)13(10)17-11/h3-5,8H,6-7,14H2,1-2H3,(H,16,17,18). The number of fused-ring (bicyclic) bond motifs is 1. The molecular weight excluding hydrogens is 286 g/mol. The molecule has 0 radical (unpaired) electrons. The number of aromatic nitrogens is 4. The lowest BCUT2D eigenvalue weighted by Gasteiger charge is -2.15.